The molecule has 0 saturated heterocycles. The van der Waals surface area contributed by atoms with E-state index in [1.807, 2.05) is 0 Å². The lowest BCUT2D eigenvalue weighted by molar-refractivity contribution is -0.142. The highest BCUT2D eigenvalue weighted by Crippen LogP contribution is 2.12. The second-order valence-electron chi connectivity index (χ2n) is 14.6. The largest absolute Gasteiger partial charge is 0.480 e. The summed E-state index contributed by atoms with van der Waals surface area (Å²) in [4.78, 5) is 72.2. The molecule has 0 aliphatic heterocycles. The third-order valence-corrected chi connectivity index (χ3v) is 9.57. The van der Waals surface area contributed by atoms with E-state index in [9.17, 15) is 39.0 Å². The van der Waals surface area contributed by atoms with Crippen LogP contribution < -0.4 is 21.3 Å². The van der Waals surface area contributed by atoms with Crippen molar-refractivity contribution in [2.24, 2.45) is 0 Å². The van der Waals surface area contributed by atoms with Gasteiger partial charge in [0.25, 0.3) is 0 Å². The van der Waals surface area contributed by atoms with E-state index >= 15 is 0 Å². The predicted octanol–water partition coefficient (Wildman–Crippen LogP) is 7.71. The third kappa shape index (κ3) is 33.1. The zero-order valence-corrected chi connectivity index (χ0v) is 33.4. The molecular weight excluding hydrogens is 676 g/mol. The maximum atomic E-state index is 12.4. The number of hydrogen-bond acceptors (Lipinski definition) is 6. The van der Waals surface area contributed by atoms with Gasteiger partial charge in [-0.3, -0.25) is 19.2 Å². The Balaban J connectivity index is 4.03. The molecule has 2 atom stereocenters. The fourth-order valence-electron chi connectivity index (χ4n) is 6.23. The summed E-state index contributed by atoms with van der Waals surface area (Å²) in [5, 5.41) is 29.8. The smallest absolute Gasteiger partial charge is 0.326 e. The number of rotatable bonds is 38. The first-order chi connectivity index (χ1) is 25.6. The van der Waals surface area contributed by atoms with Crippen molar-refractivity contribution >= 4 is 35.6 Å². The second-order valence-corrected chi connectivity index (χ2v) is 14.6. The standard InChI is InChI=1S/C41H76N4O8/c1-3-5-7-9-11-13-15-17-19-28-36(46)42-32-23-21-26-34(40(50)51)44-38(48)30-25-31-39(49)45-35(41(52)53)27-22-24-33-43-37(47)29-20-18-16-14-12-10-8-6-4-2/h34-35H,3-33H2,1-2H3,(H,42,46)(H,43,47)(H,44,48)(H,45,49)(H,50,51)(H,52,53)/t34-,35-/m0/s1. The SMILES string of the molecule is CCCCCCCCCCCC(=O)NCCCC[C@H](NC(=O)CCCC(=O)N[C@@H](CCCCNC(=O)CCCCCCCCCCC)C(=O)O)C(=O)O. The predicted molar refractivity (Wildman–Crippen MR) is 210 cm³/mol. The Labute approximate surface area is 320 Å². The Kier molecular flexibility index (Phi) is 33.7. The van der Waals surface area contributed by atoms with Gasteiger partial charge in [0.1, 0.15) is 12.1 Å². The molecular formula is C41H76N4O8. The highest BCUT2D eigenvalue weighted by molar-refractivity contribution is 5.85. The summed E-state index contributed by atoms with van der Waals surface area (Å²) in [6.07, 6.45) is 25.1. The number of carbonyl (C=O) groups excluding carboxylic acids is 4. The Bertz CT molecular complexity index is 917. The van der Waals surface area contributed by atoms with Crippen molar-refractivity contribution < 1.29 is 39.0 Å². The van der Waals surface area contributed by atoms with Crippen molar-refractivity contribution in [2.75, 3.05) is 13.1 Å². The number of nitrogens with one attached hydrogen (secondary N) is 4. The van der Waals surface area contributed by atoms with E-state index in [4.69, 9.17) is 0 Å². The molecule has 0 heterocycles. The molecule has 0 unspecified atom stereocenters. The van der Waals surface area contributed by atoms with Crippen LogP contribution in [0.2, 0.25) is 0 Å². The van der Waals surface area contributed by atoms with Gasteiger partial charge in [0, 0.05) is 38.8 Å². The molecule has 0 rings (SSSR count). The molecule has 0 aliphatic carbocycles. The van der Waals surface area contributed by atoms with Crippen molar-refractivity contribution in [3.63, 3.8) is 0 Å². The molecule has 12 nitrogen and oxygen atoms in total. The van der Waals surface area contributed by atoms with E-state index < -0.39 is 35.8 Å². The summed E-state index contributed by atoms with van der Waals surface area (Å²) in [5.74, 6) is -3.26. The first-order valence-electron chi connectivity index (χ1n) is 21.2. The van der Waals surface area contributed by atoms with E-state index in [-0.39, 0.29) is 43.9 Å². The summed E-state index contributed by atoms with van der Waals surface area (Å²) in [6, 6.07) is -2.13. The zero-order chi connectivity index (χ0) is 39.4. The van der Waals surface area contributed by atoms with Gasteiger partial charge in [-0.1, -0.05) is 117 Å². The van der Waals surface area contributed by atoms with Crippen LogP contribution in [0.3, 0.4) is 0 Å². The molecule has 12 heteroatoms. The Hall–Kier alpha value is -3.18. The monoisotopic (exact) mass is 753 g/mol. The van der Waals surface area contributed by atoms with Gasteiger partial charge in [-0.05, 0) is 57.8 Å². The van der Waals surface area contributed by atoms with Crippen molar-refractivity contribution in [3.05, 3.63) is 0 Å². The van der Waals surface area contributed by atoms with Gasteiger partial charge in [0.2, 0.25) is 23.6 Å². The molecule has 53 heavy (non-hydrogen) atoms. The average Bonchev–Trinajstić information content (AvgIpc) is 3.12. The molecule has 0 bridgehead atoms. The third-order valence-electron chi connectivity index (χ3n) is 9.57. The Morgan fingerprint density at radius 3 is 1.00 bits per heavy atom. The molecule has 4 amide bonds. The highest BCUT2D eigenvalue weighted by Gasteiger charge is 2.21. The van der Waals surface area contributed by atoms with Gasteiger partial charge >= 0.3 is 11.9 Å². The summed E-state index contributed by atoms with van der Waals surface area (Å²) in [7, 11) is 0. The van der Waals surface area contributed by atoms with Crippen molar-refractivity contribution in [1.29, 1.82) is 0 Å². The van der Waals surface area contributed by atoms with E-state index in [2.05, 4.69) is 35.1 Å². The summed E-state index contributed by atoms with van der Waals surface area (Å²) >= 11 is 0. The molecule has 6 N–H and O–H groups in total. The van der Waals surface area contributed by atoms with E-state index in [1.54, 1.807) is 0 Å². The summed E-state index contributed by atoms with van der Waals surface area (Å²) in [5.41, 5.74) is 0. The van der Waals surface area contributed by atoms with Crippen molar-refractivity contribution in [1.82, 2.24) is 21.3 Å². The number of carbonyl (C=O) groups is 6. The first kappa shape index (κ1) is 49.8. The minimum absolute atomic E-state index is 0.00904. The summed E-state index contributed by atoms with van der Waals surface area (Å²) < 4.78 is 0. The quantitative estimate of drug-likeness (QED) is 0.0346. The lowest BCUT2D eigenvalue weighted by Gasteiger charge is -2.16. The van der Waals surface area contributed by atoms with Gasteiger partial charge in [0.05, 0.1) is 0 Å². The van der Waals surface area contributed by atoms with Gasteiger partial charge in [-0.2, -0.15) is 0 Å². The van der Waals surface area contributed by atoms with Crippen LogP contribution in [0, 0.1) is 0 Å². The normalized spacial score (nSPS) is 12.1. The molecule has 0 aromatic carbocycles. The average molecular weight is 753 g/mol. The summed E-state index contributed by atoms with van der Waals surface area (Å²) in [6.45, 7) is 5.34. The lowest BCUT2D eigenvalue weighted by atomic mass is 10.1. The molecule has 0 aromatic heterocycles. The second kappa shape index (κ2) is 35.8. The zero-order valence-electron chi connectivity index (χ0n) is 33.4. The van der Waals surface area contributed by atoms with E-state index in [0.29, 0.717) is 51.6 Å². The van der Waals surface area contributed by atoms with Gasteiger partial charge < -0.3 is 31.5 Å². The number of aliphatic carboxylic acids is 2. The van der Waals surface area contributed by atoms with Gasteiger partial charge in [0.15, 0.2) is 0 Å². The highest BCUT2D eigenvalue weighted by atomic mass is 16.4. The molecule has 0 fully saturated rings. The molecule has 0 spiro atoms. The van der Waals surface area contributed by atoms with Crippen LogP contribution in [0.25, 0.3) is 0 Å². The molecule has 0 saturated carbocycles. The maximum absolute atomic E-state index is 12.4. The Morgan fingerprint density at radius 2 is 0.679 bits per heavy atom. The molecule has 0 aromatic rings. The van der Waals surface area contributed by atoms with Crippen LogP contribution in [0.5, 0.6) is 0 Å². The minimum Gasteiger partial charge on any atom is -0.480 e. The topological polar surface area (TPSA) is 191 Å². The number of carboxylic acids is 2. The lowest BCUT2D eigenvalue weighted by Crippen LogP contribution is -2.41. The van der Waals surface area contributed by atoms with Crippen LogP contribution >= 0.6 is 0 Å². The van der Waals surface area contributed by atoms with E-state index in [1.165, 1.54) is 77.0 Å². The molecule has 308 valence electrons. The number of carboxylic acid groups (broad SMARTS) is 2. The maximum Gasteiger partial charge on any atom is 0.326 e. The van der Waals surface area contributed by atoms with Crippen molar-refractivity contribution in [2.45, 2.75) is 212 Å². The fraction of sp³-hybridized carbons (Fsp3) is 0.854. The number of amides is 4. The Morgan fingerprint density at radius 1 is 0.377 bits per heavy atom. The fourth-order valence-corrected chi connectivity index (χ4v) is 6.23. The first-order valence-corrected chi connectivity index (χ1v) is 21.2. The van der Waals surface area contributed by atoms with Gasteiger partial charge in [-0.15, -0.1) is 0 Å². The van der Waals surface area contributed by atoms with Crippen molar-refractivity contribution in [3.8, 4) is 0 Å². The number of unbranched alkanes of at least 4 members (excludes halogenated alkanes) is 18. The van der Waals surface area contributed by atoms with Crippen LogP contribution in [-0.4, -0.2) is 71.0 Å². The van der Waals surface area contributed by atoms with Crippen LogP contribution in [0.4, 0.5) is 0 Å². The van der Waals surface area contributed by atoms with E-state index in [0.717, 1.165) is 38.5 Å². The number of hydrogen-bond donors (Lipinski definition) is 6. The minimum atomic E-state index is -1.15. The van der Waals surface area contributed by atoms with Crippen LogP contribution in [0.15, 0.2) is 0 Å². The van der Waals surface area contributed by atoms with Gasteiger partial charge in [-0.25, -0.2) is 9.59 Å². The van der Waals surface area contributed by atoms with Crippen LogP contribution in [-0.2, 0) is 28.8 Å². The molecule has 0 aliphatic rings. The van der Waals surface area contributed by atoms with Crippen LogP contribution in [0.1, 0.15) is 200 Å². The molecule has 0 radical (unpaired) electrons.